The van der Waals surface area contributed by atoms with Crippen LogP contribution in [0.5, 0.6) is 0 Å². The molecule has 0 aliphatic rings. The summed E-state index contributed by atoms with van der Waals surface area (Å²) in [7, 11) is -3.86. The number of halogens is 2. The van der Waals surface area contributed by atoms with Crippen molar-refractivity contribution in [3.8, 4) is 0 Å². The van der Waals surface area contributed by atoms with Crippen LogP contribution in [0.15, 0.2) is 35.2 Å². The molecule has 0 aliphatic heterocycles. The van der Waals surface area contributed by atoms with Gasteiger partial charge in [0.1, 0.15) is 11.6 Å². The highest BCUT2D eigenvalue weighted by molar-refractivity contribution is 7.92. The largest absolute Gasteiger partial charge is 0.280 e. The highest BCUT2D eigenvalue weighted by Gasteiger charge is 2.20. The first-order valence-electron chi connectivity index (χ1n) is 6.26. The van der Waals surface area contributed by atoms with E-state index in [1.807, 2.05) is 0 Å². The lowest BCUT2D eigenvalue weighted by Crippen LogP contribution is -2.16. The molecule has 0 aliphatic carbocycles. The fourth-order valence-corrected chi connectivity index (χ4v) is 3.74. The van der Waals surface area contributed by atoms with Gasteiger partial charge in [0.2, 0.25) is 0 Å². The van der Waals surface area contributed by atoms with Crippen molar-refractivity contribution in [1.29, 1.82) is 0 Å². The van der Waals surface area contributed by atoms with Crippen LogP contribution in [0, 0.1) is 32.4 Å². The Kier molecular flexibility index (Phi) is 4.00. The van der Waals surface area contributed by atoms with Crippen LogP contribution in [0.25, 0.3) is 0 Å². The van der Waals surface area contributed by atoms with Gasteiger partial charge in [-0.25, -0.2) is 17.2 Å². The molecule has 0 heterocycles. The molecule has 0 amide bonds. The standard InChI is InChI=1S/C15H15F2NO2S/c1-9-8-13(4-5-14(9)17)18-21(19,20)15-10(2)6-12(16)7-11(15)3/h4-8,18H,1-3H3. The van der Waals surface area contributed by atoms with Gasteiger partial charge in [-0.15, -0.1) is 0 Å². The molecule has 0 radical (unpaired) electrons. The highest BCUT2D eigenvalue weighted by Crippen LogP contribution is 2.24. The Bertz CT molecular complexity index is 778. The van der Waals surface area contributed by atoms with Gasteiger partial charge in [0.25, 0.3) is 10.0 Å². The number of anilines is 1. The summed E-state index contributed by atoms with van der Waals surface area (Å²) < 4.78 is 53.7. The van der Waals surface area contributed by atoms with Crippen LogP contribution < -0.4 is 4.72 Å². The number of aryl methyl sites for hydroxylation is 3. The monoisotopic (exact) mass is 311 g/mol. The maximum atomic E-state index is 13.3. The summed E-state index contributed by atoms with van der Waals surface area (Å²) in [5.74, 6) is -0.895. The molecule has 0 saturated heterocycles. The zero-order valence-corrected chi connectivity index (χ0v) is 12.7. The maximum absolute atomic E-state index is 13.3. The third kappa shape index (κ3) is 3.21. The van der Waals surface area contributed by atoms with Crippen molar-refractivity contribution in [2.24, 2.45) is 0 Å². The smallest absolute Gasteiger partial charge is 0.262 e. The lowest BCUT2D eigenvalue weighted by molar-refractivity contribution is 0.597. The van der Waals surface area contributed by atoms with Crippen molar-refractivity contribution in [1.82, 2.24) is 0 Å². The van der Waals surface area contributed by atoms with Crippen molar-refractivity contribution < 1.29 is 17.2 Å². The summed E-state index contributed by atoms with van der Waals surface area (Å²) in [6, 6.07) is 6.27. The van der Waals surface area contributed by atoms with Gasteiger partial charge in [0, 0.05) is 5.69 Å². The molecule has 21 heavy (non-hydrogen) atoms. The van der Waals surface area contributed by atoms with E-state index in [0.717, 1.165) is 12.1 Å². The SMILES string of the molecule is Cc1cc(NS(=O)(=O)c2c(C)cc(F)cc2C)ccc1F. The minimum Gasteiger partial charge on any atom is -0.280 e. The highest BCUT2D eigenvalue weighted by atomic mass is 32.2. The van der Waals surface area contributed by atoms with E-state index in [1.165, 1.54) is 32.0 Å². The summed E-state index contributed by atoms with van der Waals surface area (Å²) in [6.45, 7) is 4.60. The maximum Gasteiger partial charge on any atom is 0.262 e. The average molecular weight is 311 g/mol. The Morgan fingerprint density at radius 1 is 0.905 bits per heavy atom. The van der Waals surface area contributed by atoms with Gasteiger partial charge in [0.15, 0.2) is 0 Å². The zero-order valence-electron chi connectivity index (χ0n) is 11.9. The fraction of sp³-hybridized carbons (Fsp3) is 0.200. The van der Waals surface area contributed by atoms with E-state index >= 15 is 0 Å². The van der Waals surface area contributed by atoms with Gasteiger partial charge in [0.05, 0.1) is 4.90 Å². The third-order valence-electron chi connectivity index (χ3n) is 3.10. The second-order valence-corrected chi connectivity index (χ2v) is 6.56. The lowest BCUT2D eigenvalue weighted by Gasteiger charge is -2.13. The Morgan fingerprint density at radius 3 is 2.00 bits per heavy atom. The predicted molar refractivity (Wildman–Crippen MR) is 77.8 cm³/mol. The number of benzene rings is 2. The first-order valence-corrected chi connectivity index (χ1v) is 7.75. The lowest BCUT2D eigenvalue weighted by atomic mass is 10.1. The van der Waals surface area contributed by atoms with Crippen LogP contribution in [0.2, 0.25) is 0 Å². The van der Waals surface area contributed by atoms with Crippen LogP contribution in [0.1, 0.15) is 16.7 Å². The molecule has 1 N–H and O–H groups in total. The molecule has 0 bridgehead atoms. The molecule has 0 unspecified atom stereocenters. The minimum atomic E-state index is -3.86. The van der Waals surface area contributed by atoms with Gasteiger partial charge in [-0.05, 0) is 67.8 Å². The molecule has 0 spiro atoms. The molecule has 0 aromatic heterocycles. The van der Waals surface area contributed by atoms with Crippen LogP contribution in [-0.2, 0) is 10.0 Å². The molecule has 0 fully saturated rings. The summed E-state index contributed by atoms with van der Waals surface area (Å²) in [5, 5.41) is 0. The van der Waals surface area contributed by atoms with Gasteiger partial charge in [-0.3, -0.25) is 4.72 Å². The Labute approximate surface area is 122 Å². The fourth-order valence-electron chi connectivity index (χ4n) is 2.24. The first-order chi connectivity index (χ1) is 9.70. The molecular formula is C15H15F2NO2S. The Morgan fingerprint density at radius 2 is 1.48 bits per heavy atom. The van der Waals surface area contributed by atoms with Crippen molar-refractivity contribution in [3.63, 3.8) is 0 Å². The second-order valence-electron chi connectivity index (χ2n) is 4.94. The summed E-state index contributed by atoms with van der Waals surface area (Å²) in [4.78, 5) is 0.0332. The van der Waals surface area contributed by atoms with Crippen molar-refractivity contribution in [2.45, 2.75) is 25.7 Å². The van der Waals surface area contributed by atoms with Gasteiger partial charge in [-0.1, -0.05) is 0 Å². The zero-order chi connectivity index (χ0) is 15.8. The van der Waals surface area contributed by atoms with E-state index in [-0.39, 0.29) is 10.6 Å². The molecule has 2 aromatic rings. The van der Waals surface area contributed by atoms with E-state index in [0.29, 0.717) is 16.7 Å². The molecular weight excluding hydrogens is 296 g/mol. The average Bonchev–Trinajstić information content (AvgIpc) is 2.31. The molecule has 2 aromatic carbocycles. The molecule has 112 valence electrons. The summed E-state index contributed by atoms with van der Waals surface area (Å²) in [6.07, 6.45) is 0. The van der Waals surface area contributed by atoms with Crippen LogP contribution in [0.3, 0.4) is 0 Å². The number of nitrogens with one attached hydrogen (secondary N) is 1. The van der Waals surface area contributed by atoms with Crippen molar-refractivity contribution in [2.75, 3.05) is 4.72 Å². The predicted octanol–water partition coefficient (Wildman–Crippen LogP) is 3.69. The number of hydrogen-bond acceptors (Lipinski definition) is 2. The van der Waals surface area contributed by atoms with Crippen molar-refractivity contribution >= 4 is 15.7 Å². The van der Waals surface area contributed by atoms with E-state index in [4.69, 9.17) is 0 Å². The van der Waals surface area contributed by atoms with E-state index in [1.54, 1.807) is 6.92 Å². The van der Waals surface area contributed by atoms with Gasteiger partial charge >= 0.3 is 0 Å². The molecule has 2 rings (SSSR count). The Hall–Kier alpha value is -1.95. The van der Waals surface area contributed by atoms with Crippen LogP contribution >= 0.6 is 0 Å². The quantitative estimate of drug-likeness (QED) is 0.939. The van der Waals surface area contributed by atoms with E-state index in [9.17, 15) is 17.2 Å². The van der Waals surface area contributed by atoms with Crippen molar-refractivity contribution in [3.05, 3.63) is 58.7 Å². The molecule has 3 nitrogen and oxygen atoms in total. The van der Waals surface area contributed by atoms with Crippen LogP contribution in [0.4, 0.5) is 14.5 Å². The minimum absolute atomic E-state index is 0.0332. The summed E-state index contributed by atoms with van der Waals surface area (Å²) in [5.41, 5.74) is 1.23. The Balaban J connectivity index is 2.46. The van der Waals surface area contributed by atoms with E-state index in [2.05, 4.69) is 4.72 Å². The van der Waals surface area contributed by atoms with Gasteiger partial charge < -0.3 is 0 Å². The number of hydrogen-bond donors (Lipinski definition) is 1. The summed E-state index contributed by atoms with van der Waals surface area (Å²) >= 11 is 0. The number of rotatable bonds is 3. The van der Waals surface area contributed by atoms with Gasteiger partial charge in [-0.2, -0.15) is 0 Å². The number of sulfonamides is 1. The molecule has 0 saturated carbocycles. The van der Waals surface area contributed by atoms with Crippen LogP contribution in [-0.4, -0.2) is 8.42 Å². The second kappa shape index (κ2) is 5.44. The molecule has 0 atom stereocenters. The molecule has 6 heteroatoms. The third-order valence-corrected chi connectivity index (χ3v) is 4.79. The topological polar surface area (TPSA) is 46.2 Å². The van der Waals surface area contributed by atoms with E-state index < -0.39 is 21.7 Å². The normalized spacial score (nSPS) is 11.5. The first kappa shape index (κ1) is 15.4.